The fraction of sp³-hybridized carbons (Fsp3) is 0.545. The van der Waals surface area contributed by atoms with Crippen molar-refractivity contribution in [2.24, 2.45) is 5.92 Å². The van der Waals surface area contributed by atoms with Crippen LogP contribution in [-0.2, 0) is 4.74 Å². The van der Waals surface area contributed by atoms with Crippen molar-refractivity contribution in [3.8, 4) is 0 Å². The Hall–Kier alpha value is -0.610. The Morgan fingerprint density at radius 3 is 3.27 bits per heavy atom. The van der Waals surface area contributed by atoms with E-state index in [9.17, 15) is 0 Å². The van der Waals surface area contributed by atoms with Gasteiger partial charge in [-0.2, -0.15) is 0 Å². The standard InChI is InChI=1S/C11H15BrN2O/c12-11-10(4-1-5-13-11)14-7-9-3-2-6-15-8-9/h1,4-5,9,14H,2-3,6-8H2. The van der Waals surface area contributed by atoms with Crippen LogP contribution in [0.25, 0.3) is 0 Å². The van der Waals surface area contributed by atoms with Gasteiger partial charge in [0, 0.05) is 19.3 Å². The maximum Gasteiger partial charge on any atom is 0.129 e. The van der Waals surface area contributed by atoms with E-state index in [2.05, 4.69) is 26.2 Å². The van der Waals surface area contributed by atoms with Crippen molar-refractivity contribution in [3.63, 3.8) is 0 Å². The third kappa shape index (κ3) is 3.18. The Bertz CT molecular complexity index is 313. The number of ether oxygens (including phenoxy) is 1. The number of nitrogens with one attached hydrogen (secondary N) is 1. The van der Waals surface area contributed by atoms with Crippen LogP contribution >= 0.6 is 15.9 Å². The number of pyridine rings is 1. The summed E-state index contributed by atoms with van der Waals surface area (Å²) in [7, 11) is 0. The lowest BCUT2D eigenvalue weighted by molar-refractivity contribution is 0.0595. The van der Waals surface area contributed by atoms with Gasteiger partial charge in [0.15, 0.2) is 0 Å². The summed E-state index contributed by atoms with van der Waals surface area (Å²) in [5, 5.41) is 3.39. The van der Waals surface area contributed by atoms with E-state index in [1.165, 1.54) is 12.8 Å². The van der Waals surface area contributed by atoms with Crippen LogP contribution < -0.4 is 5.32 Å². The van der Waals surface area contributed by atoms with Gasteiger partial charge in [-0.3, -0.25) is 0 Å². The van der Waals surface area contributed by atoms with Crippen molar-refractivity contribution in [1.82, 2.24) is 4.98 Å². The van der Waals surface area contributed by atoms with Crippen LogP contribution in [0.5, 0.6) is 0 Å². The molecule has 0 amide bonds. The van der Waals surface area contributed by atoms with Crippen LogP contribution in [0.4, 0.5) is 5.69 Å². The Kier molecular flexibility index (Phi) is 3.97. The average Bonchev–Trinajstić information content (AvgIpc) is 2.29. The summed E-state index contributed by atoms with van der Waals surface area (Å²) in [6.07, 6.45) is 4.21. The first kappa shape index (κ1) is 10.9. The van der Waals surface area contributed by atoms with E-state index in [0.717, 1.165) is 30.0 Å². The maximum absolute atomic E-state index is 5.43. The van der Waals surface area contributed by atoms with Crippen molar-refractivity contribution < 1.29 is 4.74 Å². The molecule has 1 aromatic heterocycles. The van der Waals surface area contributed by atoms with E-state index in [0.29, 0.717) is 5.92 Å². The number of hydrogen-bond donors (Lipinski definition) is 1. The molecule has 0 saturated carbocycles. The molecule has 4 heteroatoms. The molecule has 0 spiro atoms. The van der Waals surface area contributed by atoms with Gasteiger partial charge in [0.25, 0.3) is 0 Å². The Morgan fingerprint density at radius 2 is 2.53 bits per heavy atom. The first-order valence-electron chi connectivity index (χ1n) is 5.28. The third-order valence-corrected chi connectivity index (χ3v) is 3.23. The minimum absolute atomic E-state index is 0.630. The Morgan fingerprint density at radius 1 is 1.60 bits per heavy atom. The van der Waals surface area contributed by atoms with Crippen molar-refractivity contribution in [3.05, 3.63) is 22.9 Å². The SMILES string of the molecule is Brc1ncccc1NCC1CCCOC1. The van der Waals surface area contributed by atoms with Crippen LogP contribution in [0, 0.1) is 5.92 Å². The van der Waals surface area contributed by atoms with Gasteiger partial charge in [-0.15, -0.1) is 0 Å². The molecule has 0 radical (unpaired) electrons. The lowest BCUT2D eigenvalue weighted by Gasteiger charge is -2.22. The minimum atomic E-state index is 0.630. The topological polar surface area (TPSA) is 34.2 Å². The number of halogens is 1. The molecule has 1 aliphatic heterocycles. The molecule has 2 heterocycles. The number of rotatable bonds is 3. The van der Waals surface area contributed by atoms with Crippen molar-refractivity contribution in [2.75, 3.05) is 25.1 Å². The first-order chi connectivity index (χ1) is 7.36. The summed E-state index contributed by atoms with van der Waals surface area (Å²) in [5.41, 5.74) is 1.06. The van der Waals surface area contributed by atoms with E-state index in [4.69, 9.17) is 4.74 Å². The number of nitrogens with zero attached hydrogens (tertiary/aromatic N) is 1. The van der Waals surface area contributed by atoms with Crippen molar-refractivity contribution in [1.29, 1.82) is 0 Å². The molecule has 0 aliphatic carbocycles. The van der Waals surface area contributed by atoms with Crippen LogP contribution in [0.15, 0.2) is 22.9 Å². The largest absolute Gasteiger partial charge is 0.382 e. The lowest BCUT2D eigenvalue weighted by Crippen LogP contribution is -2.24. The molecule has 82 valence electrons. The molecule has 3 nitrogen and oxygen atoms in total. The normalized spacial score (nSPS) is 21.3. The monoisotopic (exact) mass is 270 g/mol. The first-order valence-corrected chi connectivity index (χ1v) is 6.07. The van der Waals surface area contributed by atoms with E-state index < -0.39 is 0 Å². The quantitative estimate of drug-likeness (QED) is 0.858. The highest BCUT2D eigenvalue weighted by Crippen LogP contribution is 2.20. The minimum Gasteiger partial charge on any atom is -0.382 e. The van der Waals surface area contributed by atoms with Gasteiger partial charge in [0.2, 0.25) is 0 Å². The van der Waals surface area contributed by atoms with Gasteiger partial charge in [-0.1, -0.05) is 0 Å². The second kappa shape index (κ2) is 5.47. The molecule has 1 fully saturated rings. The predicted octanol–water partition coefficient (Wildman–Crippen LogP) is 2.68. The van der Waals surface area contributed by atoms with Gasteiger partial charge >= 0.3 is 0 Å². The molecule has 15 heavy (non-hydrogen) atoms. The zero-order valence-corrected chi connectivity index (χ0v) is 10.2. The highest BCUT2D eigenvalue weighted by atomic mass is 79.9. The second-order valence-corrected chi connectivity index (χ2v) is 4.56. The highest BCUT2D eigenvalue weighted by molar-refractivity contribution is 9.10. The van der Waals surface area contributed by atoms with Crippen molar-refractivity contribution in [2.45, 2.75) is 12.8 Å². The summed E-state index contributed by atoms with van der Waals surface area (Å²) in [4.78, 5) is 4.17. The Labute approximate surface area is 98.4 Å². The zero-order valence-electron chi connectivity index (χ0n) is 8.58. The summed E-state index contributed by atoms with van der Waals surface area (Å²) in [6.45, 7) is 2.77. The van der Waals surface area contributed by atoms with Crippen LogP contribution in [0.3, 0.4) is 0 Å². The molecule has 1 aromatic rings. The molecule has 0 aromatic carbocycles. The summed E-state index contributed by atoms with van der Waals surface area (Å²) in [6, 6.07) is 3.96. The van der Waals surface area contributed by atoms with Crippen molar-refractivity contribution >= 4 is 21.6 Å². The lowest BCUT2D eigenvalue weighted by atomic mass is 10.0. The number of hydrogen-bond acceptors (Lipinski definition) is 3. The molecular weight excluding hydrogens is 256 g/mol. The second-order valence-electron chi connectivity index (χ2n) is 3.81. The molecule has 2 rings (SSSR count). The highest BCUT2D eigenvalue weighted by Gasteiger charge is 2.13. The maximum atomic E-state index is 5.43. The number of aromatic nitrogens is 1. The third-order valence-electron chi connectivity index (χ3n) is 2.59. The molecule has 0 bridgehead atoms. The summed E-state index contributed by atoms with van der Waals surface area (Å²) < 4.78 is 6.31. The fourth-order valence-corrected chi connectivity index (χ4v) is 2.13. The van der Waals surface area contributed by atoms with E-state index >= 15 is 0 Å². The van der Waals surface area contributed by atoms with Gasteiger partial charge in [0.1, 0.15) is 4.60 Å². The average molecular weight is 271 g/mol. The summed E-state index contributed by atoms with van der Waals surface area (Å²) in [5.74, 6) is 0.630. The van der Waals surface area contributed by atoms with E-state index in [-0.39, 0.29) is 0 Å². The van der Waals surface area contributed by atoms with Gasteiger partial charge in [-0.05, 0) is 46.8 Å². The fourth-order valence-electron chi connectivity index (χ4n) is 1.74. The van der Waals surface area contributed by atoms with Gasteiger partial charge in [-0.25, -0.2) is 4.98 Å². The van der Waals surface area contributed by atoms with Gasteiger partial charge < -0.3 is 10.1 Å². The molecule has 1 N–H and O–H groups in total. The molecular formula is C11H15BrN2O. The predicted molar refractivity (Wildman–Crippen MR) is 64.0 cm³/mol. The van der Waals surface area contributed by atoms with Gasteiger partial charge in [0.05, 0.1) is 12.3 Å². The zero-order chi connectivity index (χ0) is 10.5. The smallest absolute Gasteiger partial charge is 0.129 e. The summed E-state index contributed by atoms with van der Waals surface area (Å²) >= 11 is 3.42. The Balaban J connectivity index is 1.84. The van der Waals surface area contributed by atoms with Crippen LogP contribution in [0.2, 0.25) is 0 Å². The number of anilines is 1. The molecule has 1 aliphatic rings. The van der Waals surface area contributed by atoms with E-state index in [1.807, 2.05) is 12.1 Å². The van der Waals surface area contributed by atoms with Crippen LogP contribution in [0.1, 0.15) is 12.8 Å². The molecule has 1 atom stereocenters. The molecule has 1 unspecified atom stereocenters. The molecule has 1 saturated heterocycles. The van der Waals surface area contributed by atoms with Crippen LogP contribution in [-0.4, -0.2) is 24.7 Å². The van der Waals surface area contributed by atoms with E-state index in [1.54, 1.807) is 6.20 Å².